The van der Waals surface area contributed by atoms with Crippen molar-refractivity contribution in [2.75, 3.05) is 20.6 Å². The van der Waals surface area contributed by atoms with Gasteiger partial charge >= 0.3 is 0 Å². The van der Waals surface area contributed by atoms with Crippen molar-refractivity contribution in [2.24, 2.45) is 0 Å². The fourth-order valence-corrected chi connectivity index (χ4v) is 2.89. The molecule has 0 saturated carbocycles. The first-order valence-corrected chi connectivity index (χ1v) is 9.27. The maximum atomic E-state index is 12.5. The highest BCUT2D eigenvalue weighted by atomic mass is 16.5. The van der Waals surface area contributed by atoms with Crippen LogP contribution in [-0.2, 0) is 13.1 Å². The largest absolute Gasteiger partial charge is 0.359 e. The highest BCUT2D eigenvalue weighted by Gasteiger charge is 2.17. The van der Waals surface area contributed by atoms with Crippen LogP contribution >= 0.6 is 0 Å². The van der Waals surface area contributed by atoms with Gasteiger partial charge in [-0.05, 0) is 18.2 Å². The molecule has 0 bridgehead atoms. The van der Waals surface area contributed by atoms with Crippen LogP contribution in [0.5, 0.6) is 0 Å². The van der Waals surface area contributed by atoms with Crippen LogP contribution in [-0.4, -0.2) is 41.5 Å². The predicted molar refractivity (Wildman–Crippen MR) is 111 cm³/mol. The average molecular weight is 375 g/mol. The zero-order chi connectivity index (χ0) is 19.8. The summed E-state index contributed by atoms with van der Waals surface area (Å²) >= 11 is 0. The molecule has 0 aliphatic heterocycles. The van der Waals surface area contributed by atoms with E-state index in [4.69, 9.17) is 4.52 Å². The van der Waals surface area contributed by atoms with Gasteiger partial charge in [0.2, 0.25) is 0 Å². The summed E-state index contributed by atoms with van der Waals surface area (Å²) in [5, 5.41) is 3.95. The van der Waals surface area contributed by atoms with Crippen molar-refractivity contribution in [2.45, 2.75) is 13.1 Å². The molecule has 0 N–H and O–H groups in total. The molecule has 1 amide bonds. The van der Waals surface area contributed by atoms with Gasteiger partial charge in [0.05, 0.1) is 6.54 Å². The standard InChI is InChI=1S/C23H25N3O2/c1-25(17-20-12-7-4-8-13-20)18-21-16-22(24-28-21)23(27)26(2)15-9-14-19-10-5-3-6-11-19/h3-14,16H,15,17-18H2,1-2H3. The summed E-state index contributed by atoms with van der Waals surface area (Å²) in [4.78, 5) is 16.3. The molecular formula is C23H25N3O2. The van der Waals surface area contributed by atoms with Crippen LogP contribution in [0.4, 0.5) is 0 Å². The van der Waals surface area contributed by atoms with Crippen molar-refractivity contribution in [3.05, 3.63) is 95.4 Å². The number of likely N-dealkylation sites (N-methyl/N-ethyl adjacent to an activating group) is 1. The monoisotopic (exact) mass is 375 g/mol. The van der Waals surface area contributed by atoms with E-state index in [1.54, 1.807) is 18.0 Å². The molecule has 3 rings (SSSR count). The van der Waals surface area contributed by atoms with Gasteiger partial charge < -0.3 is 9.42 Å². The maximum Gasteiger partial charge on any atom is 0.276 e. The molecule has 0 aliphatic rings. The van der Waals surface area contributed by atoms with Crippen LogP contribution in [0.2, 0.25) is 0 Å². The van der Waals surface area contributed by atoms with Gasteiger partial charge in [0, 0.05) is 26.2 Å². The number of rotatable bonds is 8. The third-order valence-corrected chi connectivity index (χ3v) is 4.33. The van der Waals surface area contributed by atoms with E-state index in [-0.39, 0.29) is 5.91 Å². The summed E-state index contributed by atoms with van der Waals surface area (Å²) in [5.74, 6) is 0.522. The molecule has 0 atom stereocenters. The Morgan fingerprint density at radius 3 is 2.39 bits per heavy atom. The molecule has 0 aliphatic carbocycles. The molecule has 2 aromatic carbocycles. The van der Waals surface area contributed by atoms with Crippen molar-refractivity contribution < 1.29 is 9.32 Å². The van der Waals surface area contributed by atoms with E-state index in [1.807, 2.05) is 67.7 Å². The summed E-state index contributed by atoms with van der Waals surface area (Å²) in [6, 6.07) is 21.9. The first-order valence-electron chi connectivity index (χ1n) is 9.27. The Kier molecular flexibility index (Phi) is 6.76. The average Bonchev–Trinajstić information content (AvgIpc) is 3.17. The minimum Gasteiger partial charge on any atom is -0.359 e. The van der Waals surface area contributed by atoms with E-state index in [0.717, 1.165) is 12.1 Å². The molecule has 3 aromatic rings. The molecule has 5 heteroatoms. The lowest BCUT2D eigenvalue weighted by Crippen LogP contribution is -2.27. The second kappa shape index (κ2) is 9.67. The Balaban J connectivity index is 1.52. The first-order chi connectivity index (χ1) is 13.6. The van der Waals surface area contributed by atoms with E-state index in [2.05, 4.69) is 22.2 Å². The number of aromatic nitrogens is 1. The highest BCUT2D eigenvalue weighted by molar-refractivity contribution is 5.92. The van der Waals surface area contributed by atoms with Gasteiger partial charge in [0.1, 0.15) is 0 Å². The molecule has 0 saturated heterocycles. The van der Waals surface area contributed by atoms with Crippen LogP contribution < -0.4 is 0 Å². The Bertz CT molecular complexity index is 904. The molecular weight excluding hydrogens is 350 g/mol. The van der Waals surface area contributed by atoms with E-state index < -0.39 is 0 Å². The molecule has 0 radical (unpaired) electrons. The molecule has 0 fully saturated rings. The topological polar surface area (TPSA) is 49.6 Å². The number of carbonyl (C=O) groups excluding carboxylic acids is 1. The zero-order valence-electron chi connectivity index (χ0n) is 16.3. The molecule has 5 nitrogen and oxygen atoms in total. The quantitative estimate of drug-likeness (QED) is 0.595. The summed E-state index contributed by atoms with van der Waals surface area (Å²) in [6.45, 7) is 1.89. The lowest BCUT2D eigenvalue weighted by molar-refractivity contribution is 0.0800. The van der Waals surface area contributed by atoms with Crippen molar-refractivity contribution in [3.8, 4) is 0 Å². The molecule has 1 aromatic heterocycles. The van der Waals surface area contributed by atoms with E-state index >= 15 is 0 Å². The molecule has 0 unspecified atom stereocenters. The Morgan fingerprint density at radius 2 is 1.68 bits per heavy atom. The second-order valence-corrected chi connectivity index (χ2v) is 6.84. The lowest BCUT2D eigenvalue weighted by atomic mass is 10.2. The van der Waals surface area contributed by atoms with Gasteiger partial charge in [0.25, 0.3) is 5.91 Å². The smallest absolute Gasteiger partial charge is 0.276 e. The molecule has 144 valence electrons. The zero-order valence-corrected chi connectivity index (χ0v) is 16.3. The fourth-order valence-electron chi connectivity index (χ4n) is 2.89. The van der Waals surface area contributed by atoms with Crippen molar-refractivity contribution in [1.82, 2.24) is 15.0 Å². The van der Waals surface area contributed by atoms with Gasteiger partial charge in [0.15, 0.2) is 11.5 Å². The maximum absolute atomic E-state index is 12.5. The number of benzene rings is 2. The summed E-state index contributed by atoms with van der Waals surface area (Å²) < 4.78 is 5.36. The van der Waals surface area contributed by atoms with Crippen molar-refractivity contribution in [1.29, 1.82) is 0 Å². The minimum atomic E-state index is -0.154. The van der Waals surface area contributed by atoms with Crippen molar-refractivity contribution >= 4 is 12.0 Å². The van der Waals surface area contributed by atoms with Crippen LogP contribution in [0, 0.1) is 0 Å². The summed E-state index contributed by atoms with van der Waals surface area (Å²) in [6.07, 6.45) is 3.96. The highest BCUT2D eigenvalue weighted by Crippen LogP contribution is 2.11. The van der Waals surface area contributed by atoms with Crippen LogP contribution in [0.25, 0.3) is 6.08 Å². The SMILES string of the molecule is CN(Cc1ccccc1)Cc1cc(C(=O)N(C)CC=Cc2ccccc2)no1. The Labute approximate surface area is 165 Å². The Hall–Kier alpha value is -3.18. The van der Waals surface area contributed by atoms with E-state index in [9.17, 15) is 4.79 Å². The number of hydrogen-bond acceptors (Lipinski definition) is 4. The number of nitrogens with zero attached hydrogens (tertiary/aromatic N) is 3. The molecule has 1 heterocycles. The number of carbonyl (C=O) groups is 1. The van der Waals surface area contributed by atoms with Gasteiger partial charge in [-0.1, -0.05) is 78.0 Å². The Morgan fingerprint density at radius 1 is 1.00 bits per heavy atom. The summed E-state index contributed by atoms with van der Waals surface area (Å²) in [7, 11) is 3.77. The van der Waals surface area contributed by atoms with E-state index in [1.165, 1.54) is 5.56 Å². The lowest BCUT2D eigenvalue weighted by Gasteiger charge is -2.14. The van der Waals surface area contributed by atoms with Crippen molar-refractivity contribution in [3.63, 3.8) is 0 Å². The van der Waals surface area contributed by atoms with Crippen LogP contribution in [0.15, 0.2) is 77.3 Å². The first kappa shape index (κ1) is 19.6. The second-order valence-electron chi connectivity index (χ2n) is 6.84. The third kappa shape index (κ3) is 5.66. The van der Waals surface area contributed by atoms with Gasteiger partial charge in [-0.3, -0.25) is 9.69 Å². The van der Waals surface area contributed by atoms with E-state index in [0.29, 0.717) is 24.5 Å². The van der Waals surface area contributed by atoms with Gasteiger partial charge in [-0.2, -0.15) is 0 Å². The van der Waals surface area contributed by atoms with Gasteiger partial charge in [-0.15, -0.1) is 0 Å². The predicted octanol–water partition coefficient (Wildman–Crippen LogP) is 4.09. The number of amides is 1. The number of hydrogen-bond donors (Lipinski definition) is 0. The molecule has 0 spiro atoms. The minimum absolute atomic E-state index is 0.154. The van der Waals surface area contributed by atoms with Crippen LogP contribution in [0.3, 0.4) is 0 Å². The molecule has 28 heavy (non-hydrogen) atoms. The van der Waals surface area contributed by atoms with Gasteiger partial charge in [-0.25, -0.2) is 0 Å². The summed E-state index contributed by atoms with van der Waals surface area (Å²) in [5.41, 5.74) is 2.66. The normalized spacial score (nSPS) is 11.2. The van der Waals surface area contributed by atoms with Crippen LogP contribution in [0.1, 0.15) is 27.4 Å². The fraction of sp³-hybridized carbons (Fsp3) is 0.217. The third-order valence-electron chi connectivity index (χ3n) is 4.33.